The minimum Gasteiger partial charge on any atom is -0.316 e. The Morgan fingerprint density at radius 2 is 1.75 bits per heavy atom. The highest BCUT2D eigenvalue weighted by molar-refractivity contribution is 7.90. The van der Waals surface area contributed by atoms with E-state index in [9.17, 15) is 8.42 Å². The summed E-state index contributed by atoms with van der Waals surface area (Å²) < 4.78 is 23.1. The SMILES string of the molecule is CS(=O)(=O)c1cc2c(cc1Cl)CCNCC2. The molecule has 0 radical (unpaired) electrons. The van der Waals surface area contributed by atoms with E-state index in [2.05, 4.69) is 5.32 Å². The molecule has 0 amide bonds. The molecule has 0 bridgehead atoms. The number of halogens is 1. The van der Waals surface area contributed by atoms with Crippen LogP contribution in [0.4, 0.5) is 0 Å². The third-order valence-corrected chi connectivity index (χ3v) is 4.36. The van der Waals surface area contributed by atoms with Gasteiger partial charge in [0.2, 0.25) is 0 Å². The zero-order valence-electron chi connectivity index (χ0n) is 9.09. The molecule has 88 valence electrons. The van der Waals surface area contributed by atoms with E-state index in [1.807, 2.05) is 0 Å². The maximum absolute atomic E-state index is 11.5. The third kappa shape index (κ3) is 2.39. The van der Waals surface area contributed by atoms with E-state index >= 15 is 0 Å². The van der Waals surface area contributed by atoms with Gasteiger partial charge in [0.1, 0.15) is 0 Å². The van der Waals surface area contributed by atoms with E-state index in [0.717, 1.165) is 37.1 Å². The Morgan fingerprint density at radius 3 is 2.31 bits per heavy atom. The molecule has 1 aliphatic heterocycles. The second-order valence-corrected chi connectivity index (χ2v) is 6.46. The Labute approximate surface area is 101 Å². The molecule has 0 fully saturated rings. The number of fused-ring (bicyclic) bond motifs is 1. The Bertz CT molecular complexity index is 511. The van der Waals surface area contributed by atoms with E-state index in [1.165, 1.54) is 6.26 Å². The van der Waals surface area contributed by atoms with E-state index < -0.39 is 9.84 Å². The smallest absolute Gasteiger partial charge is 0.177 e. The molecule has 5 heteroatoms. The molecular weight excluding hydrogens is 246 g/mol. The van der Waals surface area contributed by atoms with Crippen molar-refractivity contribution in [2.75, 3.05) is 19.3 Å². The molecule has 3 nitrogen and oxygen atoms in total. The molecule has 0 aliphatic carbocycles. The molecule has 0 aromatic heterocycles. The van der Waals surface area contributed by atoms with E-state index in [-0.39, 0.29) is 4.90 Å². The summed E-state index contributed by atoms with van der Waals surface area (Å²) in [5.74, 6) is 0. The summed E-state index contributed by atoms with van der Waals surface area (Å²) in [4.78, 5) is 0.245. The lowest BCUT2D eigenvalue weighted by Gasteiger charge is -2.09. The molecule has 1 aromatic rings. The number of benzene rings is 1. The quantitative estimate of drug-likeness (QED) is 0.830. The first-order valence-electron chi connectivity index (χ1n) is 5.20. The molecule has 1 heterocycles. The van der Waals surface area contributed by atoms with Crippen molar-refractivity contribution in [3.05, 3.63) is 28.3 Å². The molecule has 0 saturated heterocycles. The second-order valence-electron chi connectivity index (χ2n) is 4.07. The molecular formula is C11H14ClNO2S. The van der Waals surface area contributed by atoms with Crippen molar-refractivity contribution in [3.8, 4) is 0 Å². The van der Waals surface area contributed by atoms with Gasteiger partial charge in [-0.2, -0.15) is 0 Å². The number of nitrogens with one attached hydrogen (secondary N) is 1. The van der Waals surface area contributed by atoms with Gasteiger partial charge in [-0.3, -0.25) is 0 Å². The predicted octanol–water partition coefficient (Wildman–Crippen LogP) is 1.43. The summed E-state index contributed by atoms with van der Waals surface area (Å²) in [7, 11) is -3.23. The van der Waals surface area contributed by atoms with Gasteiger partial charge in [0.15, 0.2) is 9.84 Å². The van der Waals surface area contributed by atoms with Gasteiger partial charge in [-0.05, 0) is 49.2 Å². The third-order valence-electron chi connectivity index (χ3n) is 2.80. The van der Waals surface area contributed by atoms with Crippen LogP contribution in [-0.2, 0) is 22.7 Å². The summed E-state index contributed by atoms with van der Waals surface area (Å²) in [6, 6.07) is 3.51. The number of hydrogen-bond donors (Lipinski definition) is 1. The van der Waals surface area contributed by atoms with Crippen LogP contribution in [0.15, 0.2) is 17.0 Å². The fourth-order valence-corrected chi connectivity index (χ4v) is 3.33. The van der Waals surface area contributed by atoms with Crippen molar-refractivity contribution in [2.45, 2.75) is 17.7 Å². The summed E-state index contributed by atoms with van der Waals surface area (Å²) in [5.41, 5.74) is 2.25. The van der Waals surface area contributed by atoms with Gasteiger partial charge in [0, 0.05) is 6.26 Å². The van der Waals surface area contributed by atoms with Crippen molar-refractivity contribution >= 4 is 21.4 Å². The monoisotopic (exact) mass is 259 g/mol. The summed E-state index contributed by atoms with van der Waals surface area (Å²) >= 11 is 6.00. The molecule has 0 saturated carbocycles. The highest BCUT2D eigenvalue weighted by Gasteiger charge is 2.17. The fraction of sp³-hybridized carbons (Fsp3) is 0.455. The number of hydrogen-bond acceptors (Lipinski definition) is 3. The average Bonchev–Trinajstić information content (AvgIpc) is 2.39. The van der Waals surface area contributed by atoms with E-state index in [0.29, 0.717) is 5.02 Å². The summed E-state index contributed by atoms with van der Waals surface area (Å²) in [6.07, 6.45) is 2.95. The van der Waals surface area contributed by atoms with E-state index in [4.69, 9.17) is 11.6 Å². The Balaban J connectivity index is 2.56. The Morgan fingerprint density at radius 1 is 1.19 bits per heavy atom. The highest BCUT2D eigenvalue weighted by atomic mass is 35.5. The molecule has 1 aliphatic rings. The van der Waals surface area contributed by atoms with Crippen LogP contribution >= 0.6 is 11.6 Å². The normalized spacial score (nSPS) is 16.6. The van der Waals surface area contributed by atoms with Crippen LogP contribution in [0, 0.1) is 0 Å². The lowest BCUT2D eigenvalue weighted by atomic mass is 10.0. The average molecular weight is 260 g/mol. The first-order chi connectivity index (χ1) is 7.48. The minimum absolute atomic E-state index is 0.245. The number of sulfone groups is 1. The zero-order chi connectivity index (χ0) is 11.8. The van der Waals surface area contributed by atoms with Gasteiger partial charge in [0.25, 0.3) is 0 Å². The Kier molecular flexibility index (Phi) is 3.24. The van der Waals surface area contributed by atoms with Gasteiger partial charge >= 0.3 is 0 Å². The van der Waals surface area contributed by atoms with Crippen LogP contribution in [0.25, 0.3) is 0 Å². The highest BCUT2D eigenvalue weighted by Crippen LogP contribution is 2.27. The van der Waals surface area contributed by atoms with Crippen molar-refractivity contribution < 1.29 is 8.42 Å². The van der Waals surface area contributed by atoms with Crippen LogP contribution in [0.2, 0.25) is 5.02 Å². The predicted molar refractivity (Wildman–Crippen MR) is 64.8 cm³/mol. The van der Waals surface area contributed by atoms with Crippen LogP contribution in [0.3, 0.4) is 0 Å². The van der Waals surface area contributed by atoms with Crippen molar-refractivity contribution in [1.29, 1.82) is 0 Å². The van der Waals surface area contributed by atoms with Crippen LogP contribution in [0.5, 0.6) is 0 Å². The lowest BCUT2D eigenvalue weighted by Crippen LogP contribution is -2.16. The molecule has 1 aromatic carbocycles. The van der Waals surface area contributed by atoms with Crippen LogP contribution in [-0.4, -0.2) is 27.8 Å². The van der Waals surface area contributed by atoms with Gasteiger partial charge < -0.3 is 5.32 Å². The molecule has 0 spiro atoms. The molecule has 0 atom stereocenters. The second kappa shape index (κ2) is 4.35. The van der Waals surface area contributed by atoms with Crippen molar-refractivity contribution in [3.63, 3.8) is 0 Å². The van der Waals surface area contributed by atoms with Gasteiger partial charge in [0.05, 0.1) is 9.92 Å². The van der Waals surface area contributed by atoms with Gasteiger partial charge in [-0.15, -0.1) is 0 Å². The molecule has 1 N–H and O–H groups in total. The van der Waals surface area contributed by atoms with Crippen LogP contribution < -0.4 is 5.32 Å². The Hall–Kier alpha value is -0.580. The summed E-state index contributed by atoms with van der Waals surface area (Å²) in [5, 5.41) is 3.62. The van der Waals surface area contributed by atoms with Crippen molar-refractivity contribution in [2.24, 2.45) is 0 Å². The lowest BCUT2D eigenvalue weighted by molar-refractivity contribution is 0.601. The minimum atomic E-state index is -3.23. The van der Waals surface area contributed by atoms with Crippen molar-refractivity contribution in [1.82, 2.24) is 5.32 Å². The molecule has 16 heavy (non-hydrogen) atoms. The first-order valence-corrected chi connectivity index (χ1v) is 7.47. The largest absolute Gasteiger partial charge is 0.316 e. The molecule has 2 rings (SSSR count). The maximum atomic E-state index is 11.5. The summed E-state index contributed by atoms with van der Waals surface area (Å²) in [6.45, 7) is 1.80. The fourth-order valence-electron chi connectivity index (χ4n) is 1.96. The standard InChI is InChI=1S/C11H14ClNO2S/c1-16(14,15)11-7-9-3-5-13-4-2-8(9)6-10(11)12/h6-7,13H,2-5H2,1H3. The maximum Gasteiger partial charge on any atom is 0.177 e. The zero-order valence-corrected chi connectivity index (χ0v) is 10.7. The van der Waals surface area contributed by atoms with Gasteiger partial charge in [-0.25, -0.2) is 8.42 Å². The van der Waals surface area contributed by atoms with E-state index in [1.54, 1.807) is 12.1 Å². The topological polar surface area (TPSA) is 46.2 Å². The van der Waals surface area contributed by atoms with Crippen LogP contribution in [0.1, 0.15) is 11.1 Å². The number of rotatable bonds is 1. The van der Waals surface area contributed by atoms with Gasteiger partial charge in [-0.1, -0.05) is 11.6 Å². The molecule has 0 unspecified atom stereocenters. The first kappa shape index (κ1) is 11.9.